The lowest BCUT2D eigenvalue weighted by Crippen LogP contribution is -2.48. The van der Waals surface area contributed by atoms with Gasteiger partial charge in [0, 0.05) is 21.6 Å². The Labute approximate surface area is 122 Å². The maximum absolute atomic E-state index is 12.1. The largest absolute Gasteiger partial charge is 0.350 e. The molecule has 0 aromatic heterocycles. The smallest absolute Gasteiger partial charge is 0.252 e. The van der Waals surface area contributed by atoms with E-state index in [1.807, 2.05) is 14.1 Å². The van der Waals surface area contributed by atoms with Gasteiger partial charge in [0.1, 0.15) is 0 Å². The van der Waals surface area contributed by atoms with E-state index in [0.29, 0.717) is 17.1 Å². The molecule has 5 heteroatoms. The average molecular weight is 334 g/mol. The first-order valence-corrected chi connectivity index (χ1v) is 6.82. The summed E-state index contributed by atoms with van der Waals surface area (Å²) in [5, 5.41) is 3.47. The van der Waals surface area contributed by atoms with Crippen molar-refractivity contribution < 1.29 is 4.79 Å². The van der Waals surface area contributed by atoms with E-state index in [2.05, 4.69) is 40.0 Å². The number of rotatable bonds is 4. The molecule has 0 radical (unpaired) electrons. The lowest BCUT2D eigenvalue weighted by atomic mass is 10.0. The van der Waals surface area contributed by atoms with Crippen molar-refractivity contribution >= 4 is 33.4 Å². The first kappa shape index (κ1) is 15.5. The summed E-state index contributed by atoms with van der Waals surface area (Å²) in [6, 6.07) is 5.17. The molecule has 0 bridgehead atoms. The second-order valence-electron chi connectivity index (χ2n) is 5.01. The molecule has 1 N–H and O–H groups in total. The molecule has 0 heterocycles. The molecular weight excluding hydrogens is 316 g/mol. The number of carbonyl (C=O) groups is 1. The van der Waals surface area contributed by atoms with Crippen molar-refractivity contribution in [3.63, 3.8) is 0 Å². The van der Waals surface area contributed by atoms with Crippen molar-refractivity contribution in [1.29, 1.82) is 0 Å². The minimum absolute atomic E-state index is 0.0965. The second kappa shape index (κ2) is 6.04. The monoisotopic (exact) mass is 332 g/mol. The van der Waals surface area contributed by atoms with E-state index in [-0.39, 0.29) is 11.4 Å². The highest BCUT2D eigenvalue weighted by Crippen LogP contribution is 2.21. The number of carbonyl (C=O) groups excluding carboxylic acids is 1. The van der Waals surface area contributed by atoms with Gasteiger partial charge in [-0.2, -0.15) is 0 Å². The normalized spacial score (nSPS) is 11.7. The highest BCUT2D eigenvalue weighted by molar-refractivity contribution is 9.10. The van der Waals surface area contributed by atoms with Gasteiger partial charge in [-0.3, -0.25) is 4.79 Å². The summed E-state index contributed by atoms with van der Waals surface area (Å²) >= 11 is 9.24. The van der Waals surface area contributed by atoms with Crippen LogP contribution in [0.2, 0.25) is 5.02 Å². The summed E-state index contributed by atoms with van der Waals surface area (Å²) < 4.78 is 0.743. The fourth-order valence-electron chi connectivity index (χ4n) is 1.22. The fraction of sp³-hybridized carbons (Fsp3) is 0.462. The molecule has 0 saturated heterocycles. The number of amides is 1. The molecular formula is C13H18BrClN2O. The quantitative estimate of drug-likeness (QED) is 0.918. The van der Waals surface area contributed by atoms with Gasteiger partial charge in [0.05, 0.1) is 5.56 Å². The van der Waals surface area contributed by atoms with Gasteiger partial charge in [-0.15, -0.1) is 0 Å². The third kappa shape index (κ3) is 3.97. The number of nitrogens with zero attached hydrogens (tertiary/aromatic N) is 1. The van der Waals surface area contributed by atoms with Crippen molar-refractivity contribution in [2.24, 2.45) is 0 Å². The van der Waals surface area contributed by atoms with Crippen molar-refractivity contribution in [2.45, 2.75) is 19.4 Å². The zero-order valence-corrected chi connectivity index (χ0v) is 13.4. The Bertz CT molecular complexity index is 447. The SMILES string of the molecule is CN(C)C(C)(C)CNC(=O)c1cc(Cl)ccc1Br. The van der Waals surface area contributed by atoms with E-state index in [4.69, 9.17) is 11.6 Å². The molecule has 0 fully saturated rings. The molecule has 0 aliphatic carbocycles. The molecule has 1 aromatic carbocycles. The molecule has 0 saturated carbocycles. The summed E-state index contributed by atoms with van der Waals surface area (Å²) in [7, 11) is 3.98. The first-order chi connectivity index (χ1) is 8.24. The van der Waals surface area contributed by atoms with Crippen LogP contribution in [0.15, 0.2) is 22.7 Å². The van der Waals surface area contributed by atoms with Gasteiger partial charge in [0.25, 0.3) is 5.91 Å². The zero-order chi connectivity index (χ0) is 13.9. The Morgan fingerprint density at radius 1 is 1.44 bits per heavy atom. The minimum Gasteiger partial charge on any atom is -0.350 e. The average Bonchev–Trinajstić information content (AvgIpc) is 2.29. The summed E-state index contributed by atoms with van der Waals surface area (Å²) in [6.07, 6.45) is 0. The standard InChI is InChI=1S/C13H18BrClN2O/c1-13(2,17(3)4)8-16-12(18)10-7-9(15)5-6-11(10)14/h5-7H,8H2,1-4H3,(H,16,18). The fourth-order valence-corrected chi connectivity index (χ4v) is 1.82. The topological polar surface area (TPSA) is 32.3 Å². The maximum Gasteiger partial charge on any atom is 0.252 e. The van der Waals surface area contributed by atoms with Crippen molar-refractivity contribution in [1.82, 2.24) is 10.2 Å². The summed E-state index contributed by atoms with van der Waals surface area (Å²) in [5.74, 6) is -0.126. The van der Waals surface area contributed by atoms with Crippen LogP contribution in [0.5, 0.6) is 0 Å². The van der Waals surface area contributed by atoms with Crippen LogP contribution in [0.3, 0.4) is 0 Å². The second-order valence-corrected chi connectivity index (χ2v) is 6.30. The van der Waals surface area contributed by atoms with Crippen LogP contribution in [0.25, 0.3) is 0 Å². The molecule has 100 valence electrons. The molecule has 1 amide bonds. The van der Waals surface area contributed by atoms with Gasteiger partial charge in [0.2, 0.25) is 0 Å². The molecule has 1 aromatic rings. The summed E-state index contributed by atoms with van der Waals surface area (Å²) in [5.41, 5.74) is 0.456. The van der Waals surface area contributed by atoms with Gasteiger partial charge in [0.15, 0.2) is 0 Å². The van der Waals surface area contributed by atoms with Gasteiger partial charge >= 0.3 is 0 Å². The number of hydrogen-bond acceptors (Lipinski definition) is 2. The Hall–Kier alpha value is -0.580. The zero-order valence-electron chi connectivity index (χ0n) is 11.1. The van der Waals surface area contributed by atoms with Gasteiger partial charge in [-0.05, 0) is 62.1 Å². The van der Waals surface area contributed by atoms with E-state index in [9.17, 15) is 4.79 Å². The summed E-state index contributed by atoms with van der Waals surface area (Å²) in [6.45, 7) is 4.71. The Balaban J connectivity index is 2.75. The Morgan fingerprint density at radius 3 is 2.61 bits per heavy atom. The van der Waals surface area contributed by atoms with Crippen molar-refractivity contribution in [3.8, 4) is 0 Å². The van der Waals surface area contributed by atoms with Gasteiger partial charge in [-0.1, -0.05) is 11.6 Å². The first-order valence-electron chi connectivity index (χ1n) is 5.65. The van der Waals surface area contributed by atoms with Crippen LogP contribution in [0.1, 0.15) is 24.2 Å². The molecule has 3 nitrogen and oxygen atoms in total. The minimum atomic E-state index is -0.126. The molecule has 0 aliphatic heterocycles. The lowest BCUT2D eigenvalue weighted by molar-refractivity contribution is 0.0919. The highest BCUT2D eigenvalue weighted by Gasteiger charge is 2.22. The molecule has 18 heavy (non-hydrogen) atoms. The number of benzene rings is 1. The Morgan fingerprint density at radius 2 is 2.06 bits per heavy atom. The molecule has 0 spiro atoms. The van der Waals surface area contributed by atoms with Crippen LogP contribution in [-0.4, -0.2) is 37.0 Å². The van der Waals surface area contributed by atoms with Gasteiger partial charge in [-0.25, -0.2) is 0 Å². The van der Waals surface area contributed by atoms with E-state index in [0.717, 1.165) is 4.47 Å². The highest BCUT2D eigenvalue weighted by atomic mass is 79.9. The van der Waals surface area contributed by atoms with Crippen LogP contribution in [0, 0.1) is 0 Å². The van der Waals surface area contributed by atoms with Crippen molar-refractivity contribution in [3.05, 3.63) is 33.3 Å². The molecule has 0 aliphatic rings. The number of hydrogen-bond donors (Lipinski definition) is 1. The molecule has 0 unspecified atom stereocenters. The van der Waals surface area contributed by atoms with Crippen LogP contribution < -0.4 is 5.32 Å². The van der Waals surface area contributed by atoms with Crippen LogP contribution in [0.4, 0.5) is 0 Å². The van der Waals surface area contributed by atoms with Crippen LogP contribution in [-0.2, 0) is 0 Å². The predicted molar refractivity (Wildman–Crippen MR) is 79.3 cm³/mol. The predicted octanol–water partition coefficient (Wildman–Crippen LogP) is 3.17. The summed E-state index contributed by atoms with van der Waals surface area (Å²) in [4.78, 5) is 14.1. The van der Waals surface area contributed by atoms with E-state index in [1.54, 1.807) is 18.2 Å². The number of nitrogens with one attached hydrogen (secondary N) is 1. The third-order valence-corrected chi connectivity index (χ3v) is 3.99. The van der Waals surface area contributed by atoms with Crippen LogP contribution >= 0.6 is 27.5 Å². The number of halogens is 2. The van der Waals surface area contributed by atoms with Gasteiger partial charge < -0.3 is 10.2 Å². The number of likely N-dealkylation sites (N-methyl/N-ethyl adjacent to an activating group) is 1. The van der Waals surface area contributed by atoms with E-state index < -0.39 is 0 Å². The van der Waals surface area contributed by atoms with Crippen molar-refractivity contribution in [2.75, 3.05) is 20.6 Å². The van der Waals surface area contributed by atoms with E-state index >= 15 is 0 Å². The Kier molecular flexibility index (Phi) is 5.20. The molecule has 1 rings (SSSR count). The third-order valence-electron chi connectivity index (χ3n) is 3.07. The van der Waals surface area contributed by atoms with E-state index in [1.165, 1.54) is 0 Å². The maximum atomic E-state index is 12.1. The molecule has 0 atom stereocenters. The lowest BCUT2D eigenvalue weighted by Gasteiger charge is -2.32.